The second kappa shape index (κ2) is 6.80. The first-order valence-corrected chi connectivity index (χ1v) is 8.80. The second-order valence-electron chi connectivity index (χ2n) is 7.02. The molecule has 1 aromatic rings. The summed E-state index contributed by atoms with van der Waals surface area (Å²) >= 11 is 0. The van der Waals surface area contributed by atoms with Crippen LogP contribution in [0, 0.1) is 24.1 Å². The number of nitriles is 1. The van der Waals surface area contributed by atoms with Gasteiger partial charge in [-0.15, -0.1) is 0 Å². The number of nitrogens with zero attached hydrogens (tertiary/aromatic N) is 2. The van der Waals surface area contributed by atoms with Crippen molar-refractivity contribution in [1.29, 1.82) is 5.26 Å². The number of fused-ring (bicyclic) bond motifs is 1. The predicted molar refractivity (Wildman–Crippen MR) is 91.2 cm³/mol. The molecule has 24 heavy (non-hydrogen) atoms. The standard InChI is InChI=1S/C19H24FN3O/c1-14-7-8-16(20)15-6-5-11-23(18(14)15)12-17(24)22-19(13-21)9-3-2-4-10-19/h7-8H,2-6,9-12H2,1H3,(H,22,24). The summed E-state index contributed by atoms with van der Waals surface area (Å²) in [7, 11) is 0. The summed E-state index contributed by atoms with van der Waals surface area (Å²) in [5.74, 6) is -0.337. The van der Waals surface area contributed by atoms with Gasteiger partial charge in [-0.1, -0.05) is 25.3 Å². The highest BCUT2D eigenvalue weighted by atomic mass is 19.1. The van der Waals surface area contributed by atoms with Gasteiger partial charge in [-0.05, 0) is 44.2 Å². The van der Waals surface area contributed by atoms with E-state index in [0.717, 1.165) is 56.3 Å². The second-order valence-corrected chi connectivity index (χ2v) is 7.02. The molecule has 0 aromatic heterocycles. The highest BCUT2D eigenvalue weighted by Crippen LogP contribution is 2.33. The van der Waals surface area contributed by atoms with E-state index in [0.29, 0.717) is 12.0 Å². The quantitative estimate of drug-likeness (QED) is 0.926. The van der Waals surface area contributed by atoms with E-state index in [1.54, 1.807) is 6.07 Å². The lowest BCUT2D eigenvalue weighted by Crippen LogP contribution is -2.52. The van der Waals surface area contributed by atoms with Crippen molar-refractivity contribution in [3.05, 3.63) is 29.1 Å². The molecule has 0 bridgehead atoms. The van der Waals surface area contributed by atoms with Crippen LogP contribution in [0.2, 0.25) is 0 Å². The smallest absolute Gasteiger partial charge is 0.240 e. The Morgan fingerprint density at radius 2 is 2.08 bits per heavy atom. The predicted octanol–water partition coefficient (Wildman–Crippen LogP) is 3.23. The Kier molecular flexibility index (Phi) is 4.75. The number of carbonyl (C=O) groups is 1. The summed E-state index contributed by atoms with van der Waals surface area (Å²) < 4.78 is 14.1. The van der Waals surface area contributed by atoms with Crippen LogP contribution in [0.15, 0.2) is 12.1 Å². The molecule has 5 heteroatoms. The first-order chi connectivity index (χ1) is 11.5. The van der Waals surface area contributed by atoms with Crippen LogP contribution in [0.4, 0.5) is 10.1 Å². The molecule has 0 atom stereocenters. The van der Waals surface area contributed by atoms with Crippen molar-refractivity contribution < 1.29 is 9.18 Å². The highest BCUT2D eigenvalue weighted by molar-refractivity contribution is 5.83. The number of benzene rings is 1. The average Bonchev–Trinajstić information content (AvgIpc) is 2.59. The number of carbonyl (C=O) groups excluding carboxylic acids is 1. The summed E-state index contributed by atoms with van der Waals surface area (Å²) in [5, 5.41) is 12.5. The van der Waals surface area contributed by atoms with Gasteiger partial charge in [0.1, 0.15) is 11.4 Å². The molecule has 4 nitrogen and oxygen atoms in total. The molecule has 0 unspecified atom stereocenters. The van der Waals surface area contributed by atoms with Crippen LogP contribution in [0.3, 0.4) is 0 Å². The number of nitrogens with one attached hydrogen (secondary N) is 1. The number of hydrogen-bond donors (Lipinski definition) is 1. The lowest BCUT2D eigenvalue weighted by molar-refractivity contribution is -0.121. The third-order valence-corrected chi connectivity index (χ3v) is 5.23. The lowest BCUT2D eigenvalue weighted by Gasteiger charge is -2.35. The Bertz CT molecular complexity index is 674. The van der Waals surface area contributed by atoms with Gasteiger partial charge in [0, 0.05) is 17.8 Å². The summed E-state index contributed by atoms with van der Waals surface area (Å²) in [6, 6.07) is 5.59. The number of hydrogen-bond acceptors (Lipinski definition) is 3. The Labute approximate surface area is 142 Å². The first kappa shape index (κ1) is 16.8. The maximum absolute atomic E-state index is 14.1. The van der Waals surface area contributed by atoms with E-state index in [1.165, 1.54) is 6.07 Å². The van der Waals surface area contributed by atoms with Crippen molar-refractivity contribution in [3.63, 3.8) is 0 Å². The molecule has 1 aliphatic carbocycles. The van der Waals surface area contributed by atoms with Crippen LogP contribution >= 0.6 is 0 Å². The molecule has 3 rings (SSSR count). The van der Waals surface area contributed by atoms with Gasteiger partial charge in [-0.2, -0.15) is 5.26 Å². The van der Waals surface area contributed by atoms with E-state index in [1.807, 2.05) is 11.8 Å². The summed E-state index contributed by atoms with van der Waals surface area (Å²) in [6.45, 7) is 2.87. The highest BCUT2D eigenvalue weighted by Gasteiger charge is 2.34. The summed E-state index contributed by atoms with van der Waals surface area (Å²) in [5.41, 5.74) is 1.84. The Hall–Kier alpha value is -2.09. The largest absolute Gasteiger partial charge is 0.362 e. The fourth-order valence-electron chi connectivity index (χ4n) is 4.02. The van der Waals surface area contributed by atoms with E-state index in [-0.39, 0.29) is 18.3 Å². The monoisotopic (exact) mass is 329 g/mol. The average molecular weight is 329 g/mol. The zero-order chi connectivity index (χ0) is 17.2. The minimum atomic E-state index is -0.717. The van der Waals surface area contributed by atoms with Crippen LogP contribution < -0.4 is 10.2 Å². The maximum Gasteiger partial charge on any atom is 0.240 e. The van der Waals surface area contributed by atoms with Gasteiger partial charge in [0.05, 0.1) is 12.6 Å². The van der Waals surface area contributed by atoms with E-state index >= 15 is 0 Å². The molecule has 128 valence electrons. The topological polar surface area (TPSA) is 56.1 Å². The van der Waals surface area contributed by atoms with Gasteiger partial charge in [-0.25, -0.2) is 4.39 Å². The SMILES string of the molecule is Cc1ccc(F)c2c1N(CC(=O)NC1(C#N)CCCCC1)CCC2. The van der Waals surface area contributed by atoms with Gasteiger partial charge in [0.15, 0.2) is 0 Å². The zero-order valence-electron chi connectivity index (χ0n) is 14.2. The number of halogens is 1. The molecule has 1 heterocycles. The molecule has 1 aromatic carbocycles. The van der Waals surface area contributed by atoms with Crippen molar-refractivity contribution in [2.24, 2.45) is 0 Å². The van der Waals surface area contributed by atoms with Crippen molar-refractivity contribution in [1.82, 2.24) is 5.32 Å². The van der Waals surface area contributed by atoms with E-state index in [2.05, 4.69) is 11.4 Å². The van der Waals surface area contributed by atoms with Crippen molar-refractivity contribution >= 4 is 11.6 Å². The molecule has 1 N–H and O–H groups in total. The van der Waals surface area contributed by atoms with Crippen LogP contribution in [-0.4, -0.2) is 24.5 Å². The first-order valence-electron chi connectivity index (χ1n) is 8.80. The van der Waals surface area contributed by atoms with E-state index < -0.39 is 5.54 Å². The fourth-order valence-corrected chi connectivity index (χ4v) is 4.02. The molecule has 2 aliphatic rings. The molecule has 1 fully saturated rings. The molecule has 0 saturated heterocycles. The summed E-state index contributed by atoms with van der Waals surface area (Å²) in [4.78, 5) is 14.5. The number of anilines is 1. The van der Waals surface area contributed by atoms with E-state index in [4.69, 9.17) is 0 Å². The van der Waals surface area contributed by atoms with Crippen LogP contribution in [0.5, 0.6) is 0 Å². The van der Waals surface area contributed by atoms with Gasteiger partial charge < -0.3 is 10.2 Å². The lowest BCUT2D eigenvalue weighted by atomic mass is 9.83. The maximum atomic E-state index is 14.1. The van der Waals surface area contributed by atoms with Crippen molar-refractivity contribution in [2.45, 2.75) is 57.4 Å². The minimum Gasteiger partial charge on any atom is -0.362 e. The summed E-state index contributed by atoms with van der Waals surface area (Å²) in [6.07, 6.45) is 6.07. The fraction of sp³-hybridized carbons (Fsp3) is 0.579. The number of amides is 1. The van der Waals surface area contributed by atoms with Gasteiger partial charge in [0.25, 0.3) is 0 Å². The Morgan fingerprint density at radius 3 is 2.79 bits per heavy atom. The van der Waals surface area contributed by atoms with Crippen LogP contribution in [-0.2, 0) is 11.2 Å². The number of aryl methyl sites for hydroxylation is 1. The normalized spacial score (nSPS) is 19.3. The van der Waals surface area contributed by atoms with Crippen LogP contribution in [0.25, 0.3) is 0 Å². The van der Waals surface area contributed by atoms with Gasteiger partial charge in [0.2, 0.25) is 5.91 Å². The third kappa shape index (κ3) is 3.24. The molecule has 1 saturated carbocycles. The molecule has 0 radical (unpaired) electrons. The van der Waals surface area contributed by atoms with Crippen molar-refractivity contribution in [2.75, 3.05) is 18.0 Å². The molecule has 0 spiro atoms. The van der Waals surface area contributed by atoms with Gasteiger partial charge >= 0.3 is 0 Å². The van der Waals surface area contributed by atoms with Crippen molar-refractivity contribution in [3.8, 4) is 6.07 Å². The van der Waals surface area contributed by atoms with Crippen LogP contribution in [0.1, 0.15) is 49.7 Å². The zero-order valence-corrected chi connectivity index (χ0v) is 14.2. The Balaban J connectivity index is 1.75. The number of rotatable bonds is 3. The van der Waals surface area contributed by atoms with E-state index in [9.17, 15) is 14.4 Å². The molecular weight excluding hydrogens is 305 g/mol. The molecule has 1 aliphatic heterocycles. The Morgan fingerprint density at radius 1 is 1.33 bits per heavy atom. The minimum absolute atomic E-state index is 0.144. The third-order valence-electron chi connectivity index (χ3n) is 5.23. The molecular formula is C19H24FN3O. The molecule has 1 amide bonds. The van der Waals surface area contributed by atoms with Gasteiger partial charge in [-0.3, -0.25) is 4.79 Å².